The molecule has 1 aliphatic carbocycles. The van der Waals surface area contributed by atoms with E-state index in [1.807, 2.05) is 48.5 Å². The second kappa shape index (κ2) is 14.7. The molecule has 1 aliphatic heterocycles. The van der Waals surface area contributed by atoms with E-state index in [1.54, 1.807) is 0 Å². The van der Waals surface area contributed by atoms with Crippen LogP contribution >= 0.6 is 0 Å². The largest absolute Gasteiger partial charge is 0.350 e. The summed E-state index contributed by atoms with van der Waals surface area (Å²) >= 11 is 0. The lowest BCUT2D eigenvalue weighted by Gasteiger charge is -2.30. The fourth-order valence-corrected chi connectivity index (χ4v) is 7.15. The van der Waals surface area contributed by atoms with Gasteiger partial charge in [-0.05, 0) is 59.2 Å². The Hall–Kier alpha value is -3.96. The van der Waals surface area contributed by atoms with Gasteiger partial charge in [0.15, 0.2) is 0 Å². The molecule has 0 bridgehead atoms. The molecule has 228 valence electrons. The van der Waals surface area contributed by atoms with Gasteiger partial charge in [0.1, 0.15) is 0 Å². The smallest absolute Gasteiger partial charge is 0.251 e. The number of rotatable bonds is 10. The summed E-state index contributed by atoms with van der Waals surface area (Å²) in [5, 5.41) is 9.08. The summed E-state index contributed by atoms with van der Waals surface area (Å²) in [6.07, 6.45) is 9.22. The van der Waals surface area contributed by atoms with E-state index in [1.165, 1.54) is 43.2 Å². The van der Waals surface area contributed by atoms with Gasteiger partial charge in [-0.2, -0.15) is 0 Å². The molecule has 5 nitrogen and oxygen atoms in total. The van der Waals surface area contributed by atoms with Gasteiger partial charge in [-0.1, -0.05) is 123 Å². The molecule has 6 rings (SSSR count). The Bertz CT molecular complexity index is 1480. The van der Waals surface area contributed by atoms with Crippen molar-refractivity contribution in [2.45, 2.75) is 69.4 Å². The third-order valence-electron chi connectivity index (χ3n) is 9.71. The minimum atomic E-state index is -0.241. The van der Waals surface area contributed by atoms with Crippen molar-refractivity contribution in [1.29, 1.82) is 0 Å². The van der Waals surface area contributed by atoms with Gasteiger partial charge >= 0.3 is 0 Å². The zero-order valence-corrected chi connectivity index (χ0v) is 25.7. The highest BCUT2D eigenvalue weighted by atomic mass is 16.2. The first-order chi connectivity index (χ1) is 21.6. The van der Waals surface area contributed by atoms with E-state index < -0.39 is 0 Å². The molecule has 4 aromatic carbocycles. The fraction of sp³-hybridized carbons (Fsp3) is 0.385. The van der Waals surface area contributed by atoms with Crippen molar-refractivity contribution in [3.8, 4) is 0 Å². The molecular weight excluding hydrogens is 542 g/mol. The molecule has 44 heavy (non-hydrogen) atoms. The van der Waals surface area contributed by atoms with E-state index in [0.29, 0.717) is 31.1 Å². The van der Waals surface area contributed by atoms with E-state index in [9.17, 15) is 9.59 Å². The summed E-state index contributed by atoms with van der Waals surface area (Å²) in [7, 11) is 0. The molecule has 2 aliphatic rings. The van der Waals surface area contributed by atoms with Crippen LogP contribution in [0.25, 0.3) is 10.8 Å². The molecule has 2 fully saturated rings. The van der Waals surface area contributed by atoms with Crippen LogP contribution in [0.5, 0.6) is 0 Å². The molecule has 2 N–H and O–H groups in total. The number of hydrogen-bond acceptors (Lipinski definition) is 3. The monoisotopic (exact) mass is 587 g/mol. The summed E-state index contributed by atoms with van der Waals surface area (Å²) in [6, 6.07) is 34.8. The van der Waals surface area contributed by atoms with Gasteiger partial charge in [-0.3, -0.25) is 9.59 Å². The normalized spacial score (nSPS) is 19.7. The van der Waals surface area contributed by atoms with Crippen LogP contribution in [0.1, 0.15) is 78.8 Å². The third kappa shape index (κ3) is 7.57. The highest BCUT2D eigenvalue weighted by Crippen LogP contribution is 2.30. The molecule has 4 aromatic rings. The van der Waals surface area contributed by atoms with Crippen LogP contribution in [0.4, 0.5) is 0 Å². The number of amides is 2. The second-order valence-corrected chi connectivity index (χ2v) is 12.7. The summed E-state index contributed by atoms with van der Waals surface area (Å²) in [4.78, 5) is 29.5. The predicted molar refractivity (Wildman–Crippen MR) is 179 cm³/mol. The standard InChI is InChI=1S/C39H45N3O2/c43-38(34-22-21-30-14-10-11-19-33(30)26-34)40-27-35-24-25-42(39(44)37(41-35)23-20-29-12-4-1-5-13-29)28-36(31-15-6-2-7-16-31)32-17-8-3-9-18-32/h2-3,6-11,14-19,21-22,26,29,35-37,41H,1,4-5,12-13,20,23-25,27-28H2,(H,40,43). The Balaban J connectivity index is 1.18. The van der Waals surface area contributed by atoms with Crippen LogP contribution < -0.4 is 10.6 Å². The fourth-order valence-electron chi connectivity index (χ4n) is 7.15. The summed E-state index contributed by atoms with van der Waals surface area (Å²) in [5.41, 5.74) is 3.11. The van der Waals surface area contributed by atoms with Crippen LogP contribution in [0, 0.1) is 5.92 Å². The molecular formula is C39H45N3O2. The van der Waals surface area contributed by atoms with Crippen molar-refractivity contribution in [2.75, 3.05) is 19.6 Å². The van der Waals surface area contributed by atoms with E-state index in [4.69, 9.17) is 0 Å². The highest BCUT2D eigenvalue weighted by Gasteiger charge is 2.33. The van der Waals surface area contributed by atoms with Crippen LogP contribution in [0.3, 0.4) is 0 Å². The van der Waals surface area contributed by atoms with Gasteiger partial charge in [0, 0.05) is 37.2 Å². The maximum Gasteiger partial charge on any atom is 0.251 e. The summed E-state index contributed by atoms with van der Waals surface area (Å²) in [6.45, 7) is 1.80. The van der Waals surface area contributed by atoms with Gasteiger partial charge in [-0.25, -0.2) is 0 Å². The van der Waals surface area contributed by atoms with Crippen LogP contribution in [-0.4, -0.2) is 48.4 Å². The average Bonchev–Trinajstić information content (AvgIpc) is 3.23. The second-order valence-electron chi connectivity index (χ2n) is 12.7. The Morgan fingerprint density at radius 3 is 2.14 bits per heavy atom. The number of carbonyl (C=O) groups is 2. The number of hydrogen-bond donors (Lipinski definition) is 2. The zero-order valence-electron chi connectivity index (χ0n) is 25.7. The number of fused-ring (bicyclic) bond motifs is 1. The van der Waals surface area contributed by atoms with Crippen molar-refractivity contribution < 1.29 is 9.59 Å². The number of benzene rings is 4. The van der Waals surface area contributed by atoms with E-state index >= 15 is 0 Å². The molecule has 1 saturated carbocycles. The van der Waals surface area contributed by atoms with Crippen LogP contribution in [0.15, 0.2) is 103 Å². The zero-order chi connectivity index (χ0) is 30.1. The molecule has 5 heteroatoms. The lowest BCUT2D eigenvalue weighted by molar-refractivity contribution is -0.133. The Morgan fingerprint density at radius 2 is 1.43 bits per heavy atom. The molecule has 2 atom stereocenters. The van der Waals surface area contributed by atoms with Crippen molar-refractivity contribution in [3.63, 3.8) is 0 Å². The van der Waals surface area contributed by atoms with E-state index in [-0.39, 0.29) is 29.8 Å². The Kier molecular flexibility index (Phi) is 10.0. The van der Waals surface area contributed by atoms with Gasteiger partial charge in [0.2, 0.25) is 5.91 Å². The first-order valence-electron chi connectivity index (χ1n) is 16.6. The van der Waals surface area contributed by atoms with E-state index in [2.05, 4.69) is 70.1 Å². The first kappa shape index (κ1) is 30.1. The van der Waals surface area contributed by atoms with Gasteiger partial charge in [0.05, 0.1) is 6.04 Å². The molecule has 2 amide bonds. The first-order valence-corrected chi connectivity index (χ1v) is 16.6. The topological polar surface area (TPSA) is 61.4 Å². The number of nitrogens with one attached hydrogen (secondary N) is 2. The van der Waals surface area contributed by atoms with Crippen molar-refractivity contribution in [3.05, 3.63) is 120 Å². The predicted octanol–water partition coefficient (Wildman–Crippen LogP) is 7.32. The average molecular weight is 588 g/mol. The minimum Gasteiger partial charge on any atom is -0.350 e. The maximum absolute atomic E-state index is 14.2. The minimum absolute atomic E-state index is 0.0246. The van der Waals surface area contributed by atoms with Gasteiger partial charge < -0.3 is 15.5 Å². The van der Waals surface area contributed by atoms with Crippen LogP contribution in [0.2, 0.25) is 0 Å². The van der Waals surface area contributed by atoms with E-state index in [0.717, 1.165) is 30.0 Å². The molecule has 0 radical (unpaired) electrons. The Morgan fingerprint density at radius 1 is 0.773 bits per heavy atom. The number of nitrogens with zero attached hydrogens (tertiary/aromatic N) is 1. The molecule has 2 unspecified atom stereocenters. The third-order valence-corrected chi connectivity index (χ3v) is 9.71. The van der Waals surface area contributed by atoms with Crippen molar-refractivity contribution in [1.82, 2.24) is 15.5 Å². The number of carbonyl (C=O) groups excluding carboxylic acids is 2. The molecule has 1 saturated heterocycles. The lowest BCUT2D eigenvalue weighted by atomic mass is 9.85. The lowest BCUT2D eigenvalue weighted by Crippen LogP contribution is -2.49. The van der Waals surface area contributed by atoms with Gasteiger partial charge in [0.25, 0.3) is 5.91 Å². The van der Waals surface area contributed by atoms with Crippen molar-refractivity contribution >= 4 is 22.6 Å². The van der Waals surface area contributed by atoms with Crippen molar-refractivity contribution in [2.24, 2.45) is 5.92 Å². The SMILES string of the molecule is O=C(NCC1CCN(CC(c2ccccc2)c2ccccc2)C(=O)C(CCC2CCCCC2)N1)c1ccc2ccccc2c1. The Labute approximate surface area is 262 Å². The molecule has 0 aromatic heterocycles. The van der Waals surface area contributed by atoms with Crippen LogP contribution in [-0.2, 0) is 4.79 Å². The summed E-state index contributed by atoms with van der Waals surface area (Å²) in [5.74, 6) is 0.935. The molecule has 0 spiro atoms. The quantitative estimate of drug-likeness (QED) is 0.204. The summed E-state index contributed by atoms with van der Waals surface area (Å²) < 4.78 is 0. The van der Waals surface area contributed by atoms with Gasteiger partial charge in [-0.15, -0.1) is 0 Å². The molecule has 1 heterocycles. The maximum atomic E-state index is 14.2. The highest BCUT2D eigenvalue weighted by molar-refractivity contribution is 5.98.